The lowest BCUT2D eigenvalue weighted by molar-refractivity contribution is 0.0943. The van der Waals surface area contributed by atoms with Gasteiger partial charge in [-0.2, -0.15) is 5.10 Å². The van der Waals surface area contributed by atoms with Gasteiger partial charge in [0.25, 0.3) is 11.5 Å². The Morgan fingerprint density at radius 2 is 1.93 bits per heavy atom. The molecule has 0 aliphatic heterocycles. The van der Waals surface area contributed by atoms with Crippen LogP contribution in [0.4, 0.5) is 4.39 Å². The number of carbonyl (C=O) groups is 1. The third kappa shape index (κ3) is 3.95. The number of benzene rings is 2. The number of nitrogens with zero attached hydrogens (tertiary/aromatic N) is 2. The van der Waals surface area contributed by atoms with Gasteiger partial charge in [-0.05, 0) is 35.7 Å². The highest BCUT2D eigenvalue weighted by atomic mass is 19.1. The van der Waals surface area contributed by atoms with E-state index in [0.29, 0.717) is 6.54 Å². The second-order valence-electron chi connectivity index (χ2n) is 6.68. The molecule has 0 radical (unpaired) electrons. The van der Waals surface area contributed by atoms with Crippen LogP contribution in [0.15, 0.2) is 71.5 Å². The van der Waals surface area contributed by atoms with Crippen LogP contribution in [-0.2, 0) is 6.54 Å². The van der Waals surface area contributed by atoms with Crippen molar-refractivity contribution in [1.29, 1.82) is 0 Å². The number of nitrogens with one attached hydrogen (secondary N) is 1. The normalized spacial score (nSPS) is 18.1. The zero-order chi connectivity index (χ0) is 18.8. The zero-order valence-corrected chi connectivity index (χ0v) is 14.5. The number of hydrogen-bond acceptors (Lipinski definition) is 3. The molecule has 1 saturated carbocycles. The van der Waals surface area contributed by atoms with Crippen LogP contribution < -0.4 is 10.9 Å². The van der Waals surface area contributed by atoms with Crippen LogP contribution in [0, 0.1) is 5.82 Å². The van der Waals surface area contributed by atoms with Gasteiger partial charge in [0.15, 0.2) is 0 Å². The molecule has 0 saturated heterocycles. The monoisotopic (exact) mass is 363 g/mol. The molecule has 1 aliphatic rings. The summed E-state index contributed by atoms with van der Waals surface area (Å²) in [7, 11) is 0. The highest BCUT2D eigenvalue weighted by molar-refractivity contribution is 5.92. The molecule has 1 heterocycles. The zero-order valence-electron chi connectivity index (χ0n) is 14.5. The molecule has 2 atom stereocenters. The van der Waals surface area contributed by atoms with Gasteiger partial charge in [-0.15, -0.1) is 0 Å². The van der Waals surface area contributed by atoms with Gasteiger partial charge >= 0.3 is 0 Å². The Hall–Kier alpha value is -3.28. The van der Waals surface area contributed by atoms with Gasteiger partial charge < -0.3 is 5.32 Å². The van der Waals surface area contributed by atoms with Gasteiger partial charge in [0, 0.05) is 18.0 Å². The minimum absolute atomic E-state index is 0.0457. The quantitative estimate of drug-likeness (QED) is 0.758. The molecule has 27 heavy (non-hydrogen) atoms. The number of aromatic nitrogens is 2. The first kappa shape index (κ1) is 17.1. The van der Waals surface area contributed by atoms with Crippen LogP contribution in [-0.4, -0.2) is 21.7 Å². The van der Waals surface area contributed by atoms with E-state index in [9.17, 15) is 14.0 Å². The van der Waals surface area contributed by atoms with Gasteiger partial charge in [0.1, 0.15) is 11.5 Å². The molecule has 1 aliphatic carbocycles. The molecule has 1 fully saturated rings. The summed E-state index contributed by atoms with van der Waals surface area (Å²) in [5.41, 5.74) is 1.73. The lowest BCUT2D eigenvalue weighted by Crippen LogP contribution is -2.31. The van der Waals surface area contributed by atoms with E-state index in [1.165, 1.54) is 28.9 Å². The summed E-state index contributed by atoms with van der Waals surface area (Å²) in [6, 6.07) is 18.6. The van der Waals surface area contributed by atoms with Crippen molar-refractivity contribution >= 4 is 5.91 Å². The minimum atomic E-state index is -0.333. The van der Waals surface area contributed by atoms with Crippen molar-refractivity contribution in [3.63, 3.8) is 0 Å². The third-order valence-electron chi connectivity index (χ3n) is 4.66. The molecule has 1 N–H and O–H groups in total. The van der Waals surface area contributed by atoms with Crippen molar-refractivity contribution in [3.8, 4) is 0 Å². The second kappa shape index (κ2) is 7.15. The minimum Gasteiger partial charge on any atom is -0.347 e. The van der Waals surface area contributed by atoms with Crippen molar-refractivity contribution < 1.29 is 9.18 Å². The fraction of sp³-hybridized carbons (Fsp3) is 0.190. The van der Waals surface area contributed by atoms with Gasteiger partial charge in [-0.1, -0.05) is 42.5 Å². The summed E-state index contributed by atoms with van der Waals surface area (Å²) >= 11 is 0. The molecular weight excluding hydrogens is 345 g/mol. The van der Waals surface area contributed by atoms with Gasteiger partial charge in [-0.3, -0.25) is 9.59 Å². The Labute approximate surface area is 155 Å². The SMILES string of the molecule is O=C(N[C@@H]1C[C@H]1c1cccc(F)c1)c1ccc(=O)n(Cc2ccccc2)n1. The van der Waals surface area contributed by atoms with Crippen molar-refractivity contribution in [2.75, 3.05) is 0 Å². The van der Waals surface area contributed by atoms with Crippen LogP contribution >= 0.6 is 0 Å². The Morgan fingerprint density at radius 1 is 1.11 bits per heavy atom. The van der Waals surface area contributed by atoms with Crippen LogP contribution in [0.3, 0.4) is 0 Å². The Bertz CT molecular complexity index is 1030. The predicted molar refractivity (Wildman–Crippen MR) is 99.1 cm³/mol. The number of hydrogen-bond donors (Lipinski definition) is 1. The molecule has 1 aromatic heterocycles. The van der Waals surface area contributed by atoms with Crippen LogP contribution in [0.25, 0.3) is 0 Å². The molecule has 0 bridgehead atoms. The van der Waals surface area contributed by atoms with E-state index in [1.54, 1.807) is 6.07 Å². The first-order chi connectivity index (χ1) is 13.1. The fourth-order valence-electron chi connectivity index (χ4n) is 3.14. The van der Waals surface area contributed by atoms with E-state index in [0.717, 1.165) is 17.5 Å². The molecule has 0 unspecified atom stereocenters. The Morgan fingerprint density at radius 3 is 2.70 bits per heavy atom. The fourth-order valence-corrected chi connectivity index (χ4v) is 3.14. The summed E-state index contributed by atoms with van der Waals surface area (Å²) in [6.45, 7) is 0.302. The second-order valence-corrected chi connectivity index (χ2v) is 6.68. The lowest BCUT2D eigenvalue weighted by Gasteiger charge is -2.08. The first-order valence-corrected chi connectivity index (χ1v) is 8.78. The molecule has 3 aromatic rings. The van der Waals surface area contributed by atoms with Crippen molar-refractivity contribution in [2.45, 2.75) is 24.9 Å². The summed E-state index contributed by atoms with van der Waals surface area (Å²) < 4.78 is 14.6. The van der Waals surface area contributed by atoms with Crippen molar-refractivity contribution in [1.82, 2.24) is 15.1 Å². The Balaban J connectivity index is 1.45. The first-order valence-electron chi connectivity index (χ1n) is 8.78. The third-order valence-corrected chi connectivity index (χ3v) is 4.66. The van der Waals surface area contributed by atoms with Crippen LogP contribution in [0.5, 0.6) is 0 Å². The average Bonchev–Trinajstić information content (AvgIpc) is 3.43. The topological polar surface area (TPSA) is 64.0 Å². The van der Waals surface area contributed by atoms with Gasteiger partial charge in [0.05, 0.1) is 6.54 Å². The molecule has 136 valence electrons. The van der Waals surface area contributed by atoms with Crippen LogP contribution in [0.2, 0.25) is 0 Å². The van der Waals surface area contributed by atoms with E-state index in [1.807, 2.05) is 36.4 Å². The molecular formula is C21H18FN3O2. The summed E-state index contributed by atoms with van der Waals surface area (Å²) in [5, 5.41) is 7.10. The van der Waals surface area contributed by atoms with E-state index in [4.69, 9.17) is 0 Å². The highest BCUT2D eigenvalue weighted by Crippen LogP contribution is 2.40. The molecule has 4 rings (SSSR count). The molecule has 0 spiro atoms. The van der Waals surface area contributed by atoms with E-state index >= 15 is 0 Å². The maximum atomic E-state index is 13.3. The maximum absolute atomic E-state index is 13.3. The smallest absolute Gasteiger partial charge is 0.271 e. The number of amides is 1. The van der Waals surface area contributed by atoms with Crippen LogP contribution in [0.1, 0.15) is 34.0 Å². The number of halogens is 1. The predicted octanol–water partition coefficient (Wildman–Crippen LogP) is 2.72. The maximum Gasteiger partial charge on any atom is 0.271 e. The van der Waals surface area contributed by atoms with Gasteiger partial charge in [-0.25, -0.2) is 9.07 Å². The Kier molecular flexibility index (Phi) is 4.54. The van der Waals surface area contributed by atoms with Crippen molar-refractivity contribution in [3.05, 3.63) is 99.7 Å². The van der Waals surface area contributed by atoms with Gasteiger partial charge in [0.2, 0.25) is 0 Å². The molecule has 5 nitrogen and oxygen atoms in total. The molecule has 2 aromatic carbocycles. The number of rotatable bonds is 5. The van der Waals surface area contributed by atoms with E-state index < -0.39 is 0 Å². The molecule has 1 amide bonds. The molecule has 6 heteroatoms. The summed E-state index contributed by atoms with van der Waals surface area (Å²) in [5.74, 6) is -0.500. The highest BCUT2D eigenvalue weighted by Gasteiger charge is 2.40. The van der Waals surface area contributed by atoms with E-state index in [-0.39, 0.29) is 34.9 Å². The summed E-state index contributed by atoms with van der Waals surface area (Å²) in [6.07, 6.45) is 0.763. The standard InChI is InChI=1S/C21H18FN3O2/c22-16-8-4-7-15(11-16)17-12-19(17)23-21(27)18-9-10-20(26)25(24-18)13-14-5-2-1-3-6-14/h1-11,17,19H,12-13H2,(H,23,27)/t17-,19+/m0/s1. The number of carbonyl (C=O) groups excluding carboxylic acids is 1. The van der Waals surface area contributed by atoms with Crippen molar-refractivity contribution in [2.24, 2.45) is 0 Å². The average molecular weight is 363 g/mol. The lowest BCUT2D eigenvalue weighted by atomic mass is 10.1. The summed E-state index contributed by atoms with van der Waals surface area (Å²) in [4.78, 5) is 24.5. The van der Waals surface area contributed by atoms with E-state index in [2.05, 4.69) is 10.4 Å². The largest absolute Gasteiger partial charge is 0.347 e.